The van der Waals surface area contributed by atoms with Gasteiger partial charge in [0.25, 0.3) is 0 Å². The monoisotopic (exact) mass is 296 g/mol. The first-order chi connectivity index (χ1) is 10.2. The fraction of sp³-hybridized carbons (Fsp3) is 1.00. The van der Waals surface area contributed by atoms with E-state index in [9.17, 15) is 5.11 Å². The largest absolute Gasteiger partial charge is 0.393 e. The number of likely N-dealkylation sites (N-methyl/N-ethyl adjacent to an activating group) is 1. The average Bonchev–Trinajstić information content (AvgIpc) is 2.93. The zero-order chi connectivity index (χ0) is 15.2. The maximum absolute atomic E-state index is 10.3. The Morgan fingerprint density at radius 1 is 1.10 bits per heavy atom. The molecule has 1 saturated heterocycles. The van der Waals surface area contributed by atoms with E-state index in [0.29, 0.717) is 5.92 Å². The van der Waals surface area contributed by atoms with Gasteiger partial charge in [-0.2, -0.15) is 0 Å². The van der Waals surface area contributed by atoms with Gasteiger partial charge in [-0.1, -0.05) is 33.6 Å². The van der Waals surface area contributed by atoms with Crippen molar-refractivity contribution in [1.29, 1.82) is 0 Å². The van der Waals surface area contributed by atoms with Crippen LogP contribution < -0.4 is 0 Å². The van der Waals surface area contributed by atoms with Crippen LogP contribution >= 0.6 is 0 Å². The summed E-state index contributed by atoms with van der Waals surface area (Å²) in [5, 5.41) is 10.3. The smallest absolute Gasteiger partial charge is 0.0580 e. The molecule has 0 spiro atoms. The second-order valence-electron chi connectivity index (χ2n) is 7.22. The van der Waals surface area contributed by atoms with Gasteiger partial charge in [0, 0.05) is 19.1 Å². The Morgan fingerprint density at radius 3 is 2.52 bits per heavy atom. The fourth-order valence-electron chi connectivity index (χ4n) is 4.56. The molecular formula is C18H36N2O. The average molecular weight is 296 g/mol. The number of nitrogens with zero attached hydrogens (tertiary/aromatic N) is 2. The first-order valence-electron chi connectivity index (χ1n) is 9.32. The van der Waals surface area contributed by atoms with Crippen molar-refractivity contribution in [3.8, 4) is 0 Å². The Morgan fingerprint density at radius 2 is 1.86 bits per heavy atom. The summed E-state index contributed by atoms with van der Waals surface area (Å²) in [5.41, 5.74) is 0. The molecule has 124 valence electrons. The molecule has 21 heavy (non-hydrogen) atoms. The molecule has 1 heterocycles. The van der Waals surface area contributed by atoms with Crippen LogP contribution in [0, 0.1) is 11.8 Å². The van der Waals surface area contributed by atoms with E-state index in [4.69, 9.17) is 0 Å². The number of rotatable bonds is 7. The fourth-order valence-corrected chi connectivity index (χ4v) is 4.56. The van der Waals surface area contributed by atoms with E-state index in [1.54, 1.807) is 0 Å². The van der Waals surface area contributed by atoms with Gasteiger partial charge in [0.2, 0.25) is 0 Å². The summed E-state index contributed by atoms with van der Waals surface area (Å²) in [4.78, 5) is 5.21. The van der Waals surface area contributed by atoms with Crippen LogP contribution in [0.4, 0.5) is 0 Å². The van der Waals surface area contributed by atoms with Gasteiger partial charge in [-0.15, -0.1) is 0 Å². The van der Waals surface area contributed by atoms with Crippen LogP contribution in [0.3, 0.4) is 0 Å². The van der Waals surface area contributed by atoms with E-state index in [1.165, 1.54) is 58.3 Å². The van der Waals surface area contributed by atoms with Crippen molar-refractivity contribution in [2.24, 2.45) is 11.8 Å². The zero-order valence-corrected chi connectivity index (χ0v) is 14.4. The topological polar surface area (TPSA) is 26.7 Å². The molecule has 0 bridgehead atoms. The Labute approximate surface area is 131 Å². The predicted molar refractivity (Wildman–Crippen MR) is 89.5 cm³/mol. The molecule has 0 aromatic heterocycles. The molecule has 2 fully saturated rings. The lowest BCUT2D eigenvalue weighted by Crippen LogP contribution is -2.41. The van der Waals surface area contributed by atoms with Crippen LogP contribution in [0.1, 0.15) is 59.3 Å². The summed E-state index contributed by atoms with van der Waals surface area (Å²) in [5.74, 6) is 1.38. The van der Waals surface area contributed by atoms with Crippen molar-refractivity contribution in [2.45, 2.75) is 71.4 Å². The number of hydrogen-bond donors (Lipinski definition) is 1. The third-order valence-corrected chi connectivity index (χ3v) is 5.82. The van der Waals surface area contributed by atoms with Crippen LogP contribution in [0.15, 0.2) is 0 Å². The quantitative estimate of drug-likeness (QED) is 0.782. The van der Waals surface area contributed by atoms with Gasteiger partial charge in [0.1, 0.15) is 0 Å². The van der Waals surface area contributed by atoms with Crippen LogP contribution in [-0.2, 0) is 0 Å². The normalized spacial score (nSPS) is 34.7. The maximum Gasteiger partial charge on any atom is 0.0580 e. The van der Waals surface area contributed by atoms with Gasteiger partial charge in [-0.25, -0.2) is 0 Å². The van der Waals surface area contributed by atoms with Gasteiger partial charge < -0.3 is 10.0 Å². The highest BCUT2D eigenvalue weighted by Crippen LogP contribution is 2.33. The van der Waals surface area contributed by atoms with Crippen LogP contribution in [0.2, 0.25) is 0 Å². The van der Waals surface area contributed by atoms with Gasteiger partial charge in [-0.3, -0.25) is 4.90 Å². The van der Waals surface area contributed by atoms with E-state index in [2.05, 4.69) is 30.6 Å². The second kappa shape index (κ2) is 8.50. The Bertz CT molecular complexity index is 293. The third-order valence-electron chi connectivity index (χ3n) is 5.82. The van der Waals surface area contributed by atoms with Gasteiger partial charge in [0.05, 0.1) is 6.10 Å². The maximum atomic E-state index is 10.3. The number of aliphatic hydroxyl groups is 1. The van der Waals surface area contributed by atoms with Crippen molar-refractivity contribution in [2.75, 3.05) is 32.7 Å². The lowest BCUT2D eigenvalue weighted by Gasteiger charge is -2.36. The number of hydrogen-bond acceptors (Lipinski definition) is 3. The molecular weight excluding hydrogens is 260 g/mol. The highest BCUT2D eigenvalue weighted by Gasteiger charge is 2.33. The molecule has 1 saturated carbocycles. The molecule has 1 aliphatic heterocycles. The zero-order valence-electron chi connectivity index (χ0n) is 14.4. The highest BCUT2D eigenvalue weighted by atomic mass is 16.3. The molecule has 2 rings (SSSR count). The lowest BCUT2D eigenvalue weighted by molar-refractivity contribution is 0.0284. The van der Waals surface area contributed by atoms with E-state index >= 15 is 0 Å². The summed E-state index contributed by atoms with van der Waals surface area (Å²) in [6, 6.07) is 0.743. The van der Waals surface area contributed by atoms with Crippen LogP contribution in [0.5, 0.6) is 0 Å². The number of aliphatic hydroxyl groups excluding tert-OH is 1. The summed E-state index contributed by atoms with van der Waals surface area (Å²) in [6.07, 6.45) is 7.43. The molecule has 0 amide bonds. The van der Waals surface area contributed by atoms with Crippen molar-refractivity contribution in [3.05, 3.63) is 0 Å². The standard InChI is InChI=1S/C18H36N2O/c1-4-7-15-8-9-18(21)16(12-15)13-19-11-10-17(14-19)20(5-2)6-3/h15-18,21H,4-14H2,1-3H3. The summed E-state index contributed by atoms with van der Waals surface area (Å²) < 4.78 is 0. The molecule has 3 nitrogen and oxygen atoms in total. The first kappa shape index (κ1) is 17.2. The molecule has 3 heteroatoms. The summed E-state index contributed by atoms with van der Waals surface area (Å²) in [7, 11) is 0. The first-order valence-corrected chi connectivity index (χ1v) is 9.32. The summed E-state index contributed by atoms with van der Waals surface area (Å²) >= 11 is 0. The minimum absolute atomic E-state index is 0.0504. The van der Waals surface area contributed by atoms with Crippen molar-refractivity contribution >= 4 is 0 Å². The summed E-state index contributed by atoms with van der Waals surface area (Å²) in [6.45, 7) is 12.7. The molecule has 4 atom stereocenters. The Hall–Kier alpha value is -0.120. The second-order valence-corrected chi connectivity index (χ2v) is 7.22. The van der Waals surface area contributed by atoms with Gasteiger partial charge >= 0.3 is 0 Å². The third kappa shape index (κ3) is 4.67. The Balaban J connectivity index is 1.81. The Kier molecular flexibility index (Phi) is 6.97. The predicted octanol–water partition coefficient (Wildman–Crippen LogP) is 2.98. The van der Waals surface area contributed by atoms with E-state index in [0.717, 1.165) is 24.9 Å². The van der Waals surface area contributed by atoms with E-state index in [-0.39, 0.29) is 6.10 Å². The molecule has 2 aliphatic rings. The lowest BCUT2D eigenvalue weighted by atomic mass is 9.77. The van der Waals surface area contributed by atoms with Crippen LogP contribution in [0.25, 0.3) is 0 Å². The molecule has 1 N–H and O–H groups in total. The van der Waals surface area contributed by atoms with Crippen molar-refractivity contribution in [1.82, 2.24) is 9.80 Å². The minimum atomic E-state index is -0.0504. The van der Waals surface area contributed by atoms with Gasteiger partial charge in [0.15, 0.2) is 0 Å². The van der Waals surface area contributed by atoms with Crippen LogP contribution in [-0.4, -0.2) is 59.8 Å². The minimum Gasteiger partial charge on any atom is -0.393 e. The molecule has 4 unspecified atom stereocenters. The molecule has 0 aromatic rings. The molecule has 0 radical (unpaired) electrons. The molecule has 1 aliphatic carbocycles. The van der Waals surface area contributed by atoms with Crippen molar-refractivity contribution in [3.63, 3.8) is 0 Å². The van der Waals surface area contributed by atoms with Gasteiger partial charge in [-0.05, 0) is 57.2 Å². The van der Waals surface area contributed by atoms with Crippen molar-refractivity contribution < 1.29 is 5.11 Å². The SMILES string of the molecule is CCCC1CCC(O)C(CN2CCC(N(CC)CC)C2)C1. The highest BCUT2D eigenvalue weighted by molar-refractivity contribution is 4.87. The van der Waals surface area contributed by atoms with E-state index in [1.807, 2.05) is 0 Å². The number of likely N-dealkylation sites (tertiary alicyclic amines) is 1. The van der Waals surface area contributed by atoms with E-state index < -0.39 is 0 Å². The molecule has 0 aromatic carbocycles.